The number of carbonyl (C=O) groups is 4. The van der Waals surface area contributed by atoms with Gasteiger partial charge in [-0.3, -0.25) is 37.3 Å². The van der Waals surface area contributed by atoms with E-state index in [-0.39, 0.29) is 25.7 Å². The van der Waals surface area contributed by atoms with Gasteiger partial charge in [-0.15, -0.1) is 0 Å². The first-order valence-electron chi connectivity index (χ1n) is 44.1. The van der Waals surface area contributed by atoms with Crippen molar-refractivity contribution in [1.82, 2.24) is 0 Å². The molecule has 0 saturated carbocycles. The molecule has 7 atom stereocenters. The van der Waals surface area contributed by atoms with E-state index in [0.29, 0.717) is 25.7 Å². The zero-order chi connectivity index (χ0) is 76.4. The summed E-state index contributed by atoms with van der Waals surface area (Å²) in [7, 11) is -9.92. The van der Waals surface area contributed by atoms with Crippen LogP contribution in [-0.4, -0.2) is 96.7 Å². The second-order valence-corrected chi connectivity index (χ2v) is 34.0. The number of carbonyl (C=O) groups excluding carboxylic acids is 4. The highest BCUT2D eigenvalue weighted by molar-refractivity contribution is 7.47. The molecule has 618 valence electrons. The number of hydrogen-bond donors (Lipinski definition) is 3. The van der Waals surface area contributed by atoms with Gasteiger partial charge in [0.1, 0.15) is 19.3 Å². The van der Waals surface area contributed by atoms with E-state index < -0.39 is 97.5 Å². The lowest BCUT2D eigenvalue weighted by molar-refractivity contribution is -0.161. The molecule has 3 N–H and O–H groups in total. The molecule has 0 aromatic heterocycles. The van der Waals surface area contributed by atoms with Gasteiger partial charge >= 0.3 is 39.5 Å². The van der Waals surface area contributed by atoms with Crippen LogP contribution in [0, 0.1) is 11.8 Å². The number of esters is 4. The maximum absolute atomic E-state index is 13.1. The van der Waals surface area contributed by atoms with Crippen LogP contribution in [0.2, 0.25) is 0 Å². The van der Waals surface area contributed by atoms with Crippen molar-refractivity contribution in [2.45, 2.75) is 471 Å². The molecule has 0 aromatic carbocycles. The van der Waals surface area contributed by atoms with Crippen molar-refractivity contribution in [3.8, 4) is 0 Å². The van der Waals surface area contributed by atoms with Crippen LogP contribution in [-0.2, 0) is 65.4 Å². The second-order valence-electron chi connectivity index (χ2n) is 31.1. The fraction of sp³-hybridized carbons (Fsp3) is 0.953. The van der Waals surface area contributed by atoms with Gasteiger partial charge in [-0.05, 0) is 37.5 Å². The minimum absolute atomic E-state index is 0.104. The Morgan fingerprint density at radius 1 is 0.269 bits per heavy atom. The molecule has 104 heavy (non-hydrogen) atoms. The number of hydrogen-bond acceptors (Lipinski definition) is 15. The van der Waals surface area contributed by atoms with Crippen molar-refractivity contribution in [3.63, 3.8) is 0 Å². The van der Waals surface area contributed by atoms with E-state index in [1.807, 2.05) is 0 Å². The van der Waals surface area contributed by atoms with Gasteiger partial charge in [0.05, 0.1) is 26.4 Å². The van der Waals surface area contributed by atoms with Crippen molar-refractivity contribution in [3.05, 3.63) is 0 Å². The van der Waals surface area contributed by atoms with Crippen LogP contribution in [0.5, 0.6) is 0 Å². The van der Waals surface area contributed by atoms with Gasteiger partial charge in [-0.2, -0.15) is 0 Å². The van der Waals surface area contributed by atoms with Crippen LogP contribution < -0.4 is 0 Å². The molecule has 0 spiro atoms. The number of aliphatic hydroxyl groups is 1. The van der Waals surface area contributed by atoms with E-state index in [1.54, 1.807) is 0 Å². The van der Waals surface area contributed by atoms with E-state index in [9.17, 15) is 43.2 Å². The number of phosphoric ester groups is 2. The lowest BCUT2D eigenvalue weighted by atomic mass is 9.99. The molecule has 0 aliphatic carbocycles. The first kappa shape index (κ1) is 102. The molecule has 0 heterocycles. The third-order valence-corrected chi connectivity index (χ3v) is 22.6. The molecule has 17 nitrogen and oxygen atoms in total. The molecular weight excluding hydrogens is 1350 g/mol. The molecule has 0 radical (unpaired) electrons. The molecule has 0 fully saturated rings. The maximum atomic E-state index is 13.1. The van der Waals surface area contributed by atoms with E-state index >= 15 is 0 Å². The summed E-state index contributed by atoms with van der Waals surface area (Å²) in [5, 5.41) is 10.7. The second kappa shape index (κ2) is 76.4. The number of ether oxygens (including phenoxy) is 4. The summed E-state index contributed by atoms with van der Waals surface area (Å²) >= 11 is 0. The summed E-state index contributed by atoms with van der Waals surface area (Å²) in [6, 6.07) is 0. The average molecular weight is 1520 g/mol. The number of phosphoric acid groups is 2. The summed E-state index contributed by atoms with van der Waals surface area (Å²) in [6.07, 6.45) is 68.3. The smallest absolute Gasteiger partial charge is 0.462 e. The van der Waals surface area contributed by atoms with Crippen molar-refractivity contribution in [2.24, 2.45) is 11.8 Å². The van der Waals surface area contributed by atoms with Crippen LogP contribution in [0.3, 0.4) is 0 Å². The van der Waals surface area contributed by atoms with E-state index in [0.717, 1.165) is 108 Å². The average Bonchev–Trinajstić information content (AvgIpc) is 0.920. The Hall–Kier alpha value is -1.94. The molecule has 0 aliphatic heterocycles. The van der Waals surface area contributed by atoms with Crippen LogP contribution in [0.1, 0.15) is 452 Å². The standard InChI is InChI=1S/C85H166O17P2/c1-7-11-13-15-17-19-21-23-25-27-29-31-32-34-36-38-40-42-44-49-57-63-69-84(89)101-80(73-95-82(87)67-61-55-48-43-41-39-37-35-33-30-28-26-24-22-20-18-16-14-12-8-2)75-99-103(91,92)97-71-79(86)72-98-104(93,94)100-76-81(74-96-83(88)68-62-56-52-51-54-60-66-78(6)10-4)102-85(90)70-64-58-50-46-45-47-53-59-65-77(5)9-3/h77-81,86H,7-76H2,1-6H3,(H,91,92)(H,93,94)/t77?,78?,79-,80-,81-/m1/s1. The van der Waals surface area contributed by atoms with Gasteiger partial charge in [0.2, 0.25) is 0 Å². The normalized spacial score (nSPS) is 14.4. The monoisotopic (exact) mass is 1520 g/mol. The summed E-state index contributed by atoms with van der Waals surface area (Å²) in [5.41, 5.74) is 0. The predicted molar refractivity (Wildman–Crippen MR) is 428 cm³/mol. The van der Waals surface area contributed by atoms with Crippen LogP contribution in [0.25, 0.3) is 0 Å². The highest BCUT2D eigenvalue weighted by Gasteiger charge is 2.30. The number of aliphatic hydroxyl groups excluding tert-OH is 1. The van der Waals surface area contributed by atoms with Crippen LogP contribution in [0.15, 0.2) is 0 Å². The SMILES string of the molecule is CCCCCCCCCCCCCCCCCCCCCCCCC(=O)O[C@H](COC(=O)CCCCCCCCCCCCCCCCCCCCCC)COP(=O)(O)OC[C@@H](O)COP(=O)(O)OC[C@@H](COC(=O)CCCCCCCCC(C)CC)OC(=O)CCCCCCCCCCC(C)CC. The predicted octanol–water partition coefficient (Wildman–Crippen LogP) is 25.8. The molecule has 0 aliphatic rings. The lowest BCUT2D eigenvalue weighted by Gasteiger charge is -2.21. The van der Waals surface area contributed by atoms with E-state index in [4.69, 9.17) is 37.0 Å². The topological polar surface area (TPSA) is 237 Å². The van der Waals surface area contributed by atoms with Crippen molar-refractivity contribution in [1.29, 1.82) is 0 Å². The van der Waals surface area contributed by atoms with Gasteiger partial charge in [0.25, 0.3) is 0 Å². The first-order chi connectivity index (χ1) is 50.4. The minimum Gasteiger partial charge on any atom is -0.462 e. The van der Waals surface area contributed by atoms with E-state index in [1.165, 1.54) is 263 Å². The third-order valence-electron chi connectivity index (χ3n) is 20.7. The quantitative estimate of drug-likeness (QED) is 0.0222. The number of unbranched alkanes of at least 4 members (excludes halogenated alkanes) is 52. The summed E-state index contributed by atoms with van der Waals surface area (Å²) in [4.78, 5) is 73.1. The Balaban J connectivity index is 5.20. The summed E-state index contributed by atoms with van der Waals surface area (Å²) in [6.45, 7) is 9.60. The third kappa shape index (κ3) is 75.5. The van der Waals surface area contributed by atoms with Gasteiger partial charge in [0, 0.05) is 25.7 Å². The number of rotatable bonds is 84. The van der Waals surface area contributed by atoms with Gasteiger partial charge in [-0.1, -0.05) is 401 Å². The Bertz CT molecular complexity index is 2000. The summed E-state index contributed by atoms with van der Waals surface area (Å²) < 4.78 is 68.8. The molecule has 4 unspecified atom stereocenters. The molecular formula is C85H166O17P2. The fourth-order valence-electron chi connectivity index (χ4n) is 13.2. The van der Waals surface area contributed by atoms with Crippen LogP contribution in [0.4, 0.5) is 0 Å². The lowest BCUT2D eigenvalue weighted by Crippen LogP contribution is -2.30. The van der Waals surface area contributed by atoms with Gasteiger partial charge in [0.15, 0.2) is 12.2 Å². The Kier molecular flexibility index (Phi) is 75.0. The largest absolute Gasteiger partial charge is 0.472 e. The fourth-order valence-corrected chi connectivity index (χ4v) is 14.8. The molecule has 0 rings (SSSR count). The Morgan fingerprint density at radius 3 is 0.683 bits per heavy atom. The zero-order valence-corrected chi connectivity index (χ0v) is 70.1. The summed E-state index contributed by atoms with van der Waals surface area (Å²) in [5.74, 6) is -0.609. The van der Waals surface area contributed by atoms with Gasteiger partial charge < -0.3 is 33.8 Å². The van der Waals surface area contributed by atoms with E-state index in [2.05, 4.69) is 41.5 Å². The van der Waals surface area contributed by atoms with Gasteiger partial charge in [-0.25, -0.2) is 9.13 Å². The molecule has 0 saturated heterocycles. The van der Waals surface area contributed by atoms with Crippen molar-refractivity contribution < 1.29 is 80.2 Å². The Labute approximate surface area is 638 Å². The highest BCUT2D eigenvalue weighted by Crippen LogP contribution is 2.45. The Morgan fingerprint density at radius 2 is 0.462 bits per heavy atom. The molecule has 0 amide bonds. The molecule has 0 bridgehead atoms. The van der Waals surface area contributed by atoms with Crippen molar-refractivity contribution >= 4 is 39.5 Å². The molecule has 0 aromatic rings. The molecule has 19 heteroatoms. The first-order valence-corrected chi connectivity index (χ1v) is 47.1. The minimum atomic E-state index is -4.97. The van der Waals surface area contributed by atoms with Crippen molar-refractivity contribution in [2.75, 3.05) is 39.6 Å². The maximum Gasteiger partial charge on any atom is 0.472 e. The zero-order valence-electron chi connectivity index (χ0n) is 68.3. The highest BCUT2D eigenvalue weighted by atomic mass is 31.2. The van der Waals surface area contributed by atoms with Crippen LogP contribution >= 0.6 is 15.6 Å².